The molecule has 21 heavy (non-hydrogen) atoms. The summed E-state index contributed by atoms with van der Waals surface area (Å²) in [6.07, 6.45) is 7.08. The van der Waals surface area contributed by atoms with Crippen molar-refractivity contribution in [2.45, 2.75) is 13.5 Å². The molecule has 0 aliphatic rings. The summed E-state index contributed by atoms with van der Waals surface area (Å²) in [5, 5.41) is 6.22. The van der Waals surface area contributed by atoms with E-state index in [9.17, 15) is 0 Å². The number of nitrogens with one attached hydrogen (secondary N) is 2. The van der Waals surface area contributed by atoms with Gasteiger partial charge in [0.15, 0.2) is 5.96 Å². The lowest BCUT2D eigenvalue weighted by atomic mass is 10.3. The lowest BCUT2D eigenvalue weighted by molar-refractivity contribution is 0.720. The van der Waals surface area contributed by atoms with Crippen LogP contribution in [0.2, 0.25) is 0 Å². The third-order valence-corrected chi connectivity index (χ3v) is 2.84. The monoisotopic (exact) mass is 397 g/mol. The van der Waals surface area contributed by atoms with Gasteiger partial charge in [-0.3, -0.25) is 4.99 Å². The SMILES string of the molecule is C#CCNC(=NCCn1cnc2ccccc21)NCC.I. The van der Waals surface area contributed by atoms with Gasteiger partial charge in [-0.05, 0) is 19.1 Å². The number of aromatic nitrogens is 2. The highest BCUT2D eigenvalue weighted by atomic mass is 127. The van der Waals surface area contributed by atoms with Crippen molar-refractivity contribution in [1.82, 2.24) is 20.2 Å². The first-order chi connectivity index (χ1) is 9.85. The van der Waals surface area contributed by atoms with Crippen molar-refractivity contribution in [3.8, 4) is 12.3 Å². The molecule has 5 nitrogen and oxygen atoms in total. The van der Waals surface area contributed by atoms with Gasteiger partial charge in [-0.1, -0.05) is 18.1 Å². The van der Waals surface area contributed by atoms with E-state index in [-0.39, 0.29) is 24.0 Å². The van der Waals surface area contributed by atoms with Crippen LogP contribution in [0.15, 0.2) is 35.6 Å². The van der Waals surface area contributed by atoms with Gasteiger partial charge in [0, 0.05) is 13.1 Å². The fraction of sp³-hybridized carbons (Fsp3) is 0.333. The molecule has 0 bridgehead atoms. The number of hydrogen-bond acceptors (Lipinski definition) is 2. The molecule has 0 aliphatic heterocycles. The second-order valence-corrected chi connectivity index (χ2v) is 4.25. The summed E-state index contributed by atoms with van der Waals surface area (Å²) in [5.41, 5.74) is 2.14. The Kier molecular flexibility index (Phi) is 7.61. The second-order valence-electron chi connectivity index (χ2n) is 4.25. The predicted octanol–water partition coefficient (Wildman–Crippen LogP) is 1.84. The Bertz CT molecular complexity index is 626. The lowest BCUT2D eigenvalue weighted by Gasteiger charge is -2.09. The average Bonchev–Trinajstić information content (AvgIpc) is 2.88. The Balaban J connectivity index is 0.00000220. The van der Waals surface area contributed by atoms with Crippen molar-refractivity contribution in [3.63, 3.8) is 0 Å². The van der Waals surface area contributed by atoms with Crippen molar-refractivity contribution < 1.29 is 0 Å². The highest BCUT2D eigenvalue weighted by Crippen LogP contribution is 2.11. The van der Waals surface area contributed by atoms with Crippen LogP contribution >= 0.6 is 24.0 Å². The Labute approximate surface area is 142 Å². The largest absolute Gasteiger partial charge is 0.357 e. The topological polar surface area (TPSA) is 54.2 Å². The molecule has 0 spiro atoms. The first kappa shape index (κ1) is 17.3. The molecule has 0 atom stereocenters. The summed E-state index contributed by atoms with van der Waals surface area (Å²) in [5.74, 6) is 3.28. The molecule has 0 amide bonds. The van der Waals surface area contributed by atoms with Crippen LogP contribution in [0, 0.1) is 12.3 Å². The first-order valence-corrected chi connectivity index (χ1v) is 6.70. The van der Waals surface area contributed by atoms with Gasteiger partial charge in [-0.25, -0.2) is 4.98 Å². The van der Waals surface area contributed by atoms with E-state index >= 15 is 0 Å². The lowest BCUT2D eigenvalue weighted by Crippen LogP contribution is -2.37. The molecule has 6 heteroatoms. The van der Waals surface area contributed by atoms with E-state index in [0.29, 0.717) is 13.1 Å². The van der Waals surface area contributed by atoms with E-state index in [1.807, 2.05) is 31.5 Å². The van der Waals surface area contributed by atoms with Crippen molar-refractivity contribution in [1.29, 1.82) is 0 Å². The van der Waals surface area contributed by atoms with Crippen molar-refractivity contribution in [2.24, 2.45) is 4.99 Å². The van der Waals surface area contributed by atoms with Gasteiger partial charge < -0.3 is 15.2 Å². The molecular weight excluding hydrogens is 377 g/mol. The minimum atomic E-state index is 0. The molecule has 2 N–H and O–H groups in total. The Morgan fingerprint density at radius 2 is 2.19 bits per heavy atom. The number of guanidine groups is 1. The maximum Gasteiger partial charge on any atom is 0.192 e. The van der Waals surface area contributed by atoms with Gasteiger partial charge in [0.05, 0.1) is 30.5 Å². The predicted molar refractivity (Wildman–Crippen MR) is 98.0 cm³/mol. The van der Waals surface area contributed by atoms with Gasteiger partial charge in [0.2, 0.25) is 0 Å². The Hall–Kier alpha value is -1.75. The number of aliphatic imine (C=N–C) groups is 1. The zero-order valence-corrected chi connectivity index (χ0v) is 14.4. The molecule has 0 unspecified atom stereocenters. The van der Waals surface area contributed by atoms with Crippen molar-refractivity contribution in [3.05, 3.63) is 30.6 Å². The highest BCUT2D eigenvalue weighted by molar-refractivity contribution is 14.0. The van der Waals surface area contributed by atoms with Crippen molar-refractivity contribution >= 4 is 41.0 Å². The average molecular weight is 397 g/mol. The van der Waals surface area contributed by atoms with E-state index in [0.717, 1.165) is 30.1 Å². The Morgan fingerprint density at radius 3 is 2.95 bits per heavy atom. The number of halogens is 1. The summed E-state index contributed by atoms with van der Waals surface area (Å²) in [6, 6.07) is 8.08. The van der Waals surface area contributed by atoms with Gasteiger partial charge >= 0.3 is 0 Å². The molecule has 1 heterocycles. The molecular formula is C15H20IN5. The normalized spacial score (nSPS) is 10.8. The number of hydrogen-bond donors (Lipinski definition) is 2. The number of nitrogens with zero attached hydrogens (tertiary/aromatic N) is 3. The van der Waals surface area contributed by atoms with Crippen LogP contribution in [0.25, 0.3) is 11.0 Å². The summed E-state index contributed by atoms with van der Waals surface area (Å²) in [6.45, 7) is 4.76. The van der Waals surface area contributed by atoms with Gasteiger partial charge in [-0.15, -0.1) is 30.4 Å². The van der Waals surface area contributed by atoms with Crippen molar-refractivity contribution in [2.75, 3.05) is 19.6 Å². The summed E-state index contributed by atoms with van der Waals surface area (Å²) >= 11 is 0. The first-order valence-electron chi connectivity index (χ1n) is 6.70. The van der Waals surface area contributed by atoms with E-state index in [4.69, 9.17) is 6.42 Å². The molecule has 0 fully saturated rings. The molecule has 1 aromatic carbocycles. The number of para-hydroxylation sites is 2. The van der Waals surface area contributed by atoms with Crippen LogP contribution < -0.4 is 10.6 Å². The zero-order chi connectivity index (χ0) is 14.2. The smallest absolute Gasteiger partial charge is 0.192 e. The van der Waals surface area contributed by atoms with E-state index in [2.05, 4.69) is 37.2 Å². The maximum atomic E-state index is 5.23. The van der Waals surface area contributed by atoms with Crippen LogP contribution in [0.4, 0.5) is 0 Å². The standard InChI is InChI=1S/C15H19N5.HI/c1-3-9-17-15(16-4-2)18-10-11-20-12-19-13-7-5-6-8-14(13)20;/h1,5-8,12H,4,9-11H2,2H3,(H2,16,17,18);1H. The maximum absolute atomic E-state index is 5.23. The number of fused-ring (bicyclic) bond motifs is 1. The minimum Gasteiger partial charge on any atom is -0.357 e. The summed E-state index contributed by atoms with van der Waals surface area (Å²) in [4.78, 5) is 8.84. The zero-order valence-electron chi connectivity index (χ0n) is 12.0. The number of terminal acetylenes is 1. The third kappa shape index (κ3) is 4.93. The molecule has 0 aliphatic carbocycles. The van der Waals surface area contributed by atoms with E-state index in [1.165, 1.54) is 0 Å². The van der Waals surface area contributed by atoms with Crippen LogP contribution in [0.1, 0.15) is 6.92 Å². The fourth-order valence-corrected chi connectivity index (χ4v) is 1.93. The molecule has 0 radical (unpaired) electrons. The fourth-order valence-electron chi connectivity index (χ4n) is 1.93. The molecule has 2 aromatic rings. The van der Waals surface area contributed by atoms with Crippen LogP contribution in [0.3, 0.4) is 0 Å². The van der Waals surface area contributed by atoms with Crippen LogP contribution in [-0.2, 0) is 6.54 Å². The molecule has 0 saturated carbocycles. The van der Waals surface area contributed by atoms with E-state index < -0.39 is 0 Å². The summed E-state index contributed by atoms with van der Waals surface area (Å²) in [7, 11) is 0. The Morgan fingerprint density at radius 1 is 1.38 bits per heavy atom. The second kappa shape index (κ2) is 9.23. The van der Waals surface area contributed by atoms with Crippen LogP contribution in [0.5, 0.6) is 0 Å². The molecule has 1 aromatic heterocycles. The summed E-state index contributed by atoms with van der Waals surface area (Å²) < 4.78 is 2.10. The number of rotatable bonds is 5. The molecule has 2 rings (SSSR count). The number of imidazole rings is 1. The highest BCUT2D eigenvalue weighted by Gasteiger charge is 2.00. The van der Waals surface area contributed by atoms with E-state index in [1.54, 1.807) is 0 Å². The molecule has 0 saturated heterocycles. The van der Waals surface area contributed by atoms with Gasteiger partial charge in [0.1, 0.15) is 0 Å². The number of benzene rings is 1. The van der Waals surface area contributed by atoms with Gasteiger partial charge in [0.25, 0.3) is 0 Å². The minimum absolute atomic E-state index is 0. The van der Waals surface area contributed by atoms with Gasteiger partial charge in [-0.2, -0.15) is 0 Å². The quantitative estimate of drug-likeness (QED) is 0.351. The molecule has 112 valence electrons. The van der Waals surface area contributed by atoms with Crippen LogP contribution in [-0.4, -0.2) is 35.1 Å². The third-order valence-electron chi connectivity index (χ3n) is 2.84.